The van der Waals surface area contributed by atoms with Gasteiger partial charge in [-0.15, -0.1) is 0 Å². The number of sulfone groups is 1. The van der Waals surface area contributed by atoms with Crippen LogP contribution in [-0.2, 0) is 20.4 Å². The van der Waals surface area contributed by atoms with Crippen molar-refractivity contribution in [2.45, 2.75) is 45.1 Å². The predicted octanol–water partition coefficient (Wildman–Crippen LogP) is 2.80. The summed E-state index contributed by atoms with van der Waals surface area (Å²) < 4.78 is 25.2. The van der Waals surface area contributed by atoms with Crippen LogP contribution < -0.4 is 0 Å². The summed E-state index contributed by atoms with van der Waals surface area (Å²) in [4.78, 5) is 14.4. The summed E-state index contributed by atoms with van der Waals surface area (Å²) in [5.41, 5.74) is 1.76. The maximum absolute atomic E-state index is 12.6. The van der Waals surface area contributed by atoms with Crippen molar-refractivity contribution >= 4 is 15.7 Å². The predicted molar refractivity (Wildman–Crippen MR) is 92.8 cm³/mol. The van der Waals surface area contributed by atoms with Crippen LogP contribution in [-0.4, -0.2) is 37.6 Å². The Morgan fingerprint density at radius 1 is 1.26 bits per heavy atom. The van der Waals surface area contributed by atoms with Gasteiger partial charge in [0.2, 0.25) is 5.91 Å². The van der Waals surface area contributed by atoms with Gasteiger partial charge < -0.3 is 4.90 Å². The van der Waals surface area contributed by atoms with Crippen LogP contribution in [0.4, 0.5) is 0 Å². The fourth-order valence-corrected chi connectivity index (χ4v) is 4.76. The van der Waals surface area contributed by atoms with Gasteiger partial charge in [-0.1, -0.05) is 43.7 Å². The van der Waals surface area contributed by atoms with Crippen LogP contribution in [0, 0.1) is 18.8 Å². The molecular weight excluding hydrogens is 310 g/mol. The maximum atomic E-state index is 12.6. The lowest BCUT2D eigenvalue weighted by Crippen LogP contribution is -2.48. The zero-order valence-electron chi connectivity index (χ0n) is 14.5. The van der Waals surface area contributed by atoms with Crippen molar-refractivity contribution in [3.05, 3.63) is 35.4 Å². The smallest absolute Gasteiger partial charge is 0.240 e. The molecular formula is C18H27NO3S. The molecule has 0 bridgehead atoms. The minimum atomic E-state index is -3.50. The molecule has 2 rings (SSSR count). The quantitative estimate of drug-likeness (QED) is 0.849. The Balaban J connectivity index is 2.11. The van der Waals surface area contributed by atoms with Crippen molar-refractivity contribution < 1.29 is 13.2 Å². The lowest BCUT2D eigenvalue weighted by Gasteiger charge is -2.36. The molecule has 128 valence electrons. The highest BCUT2D eigenvalue weighted by atomic mass is 32.2. The third-order valence-electron chi connectivity index (χ3n) is 4.52. The first-order valence-corrected chi connectivity index (χ1v) is 9.96. The van der Waals surface area contributed by atoms with E-state index < -0.39 is 15.1 Å². The molecule has 3 atom stereocenters. The molecule has 1 saturated heterocycles. The van der Waals surface area contributed by atoms with Gasteiger partial charge in [0.1, 0.15) is 5.25 Å². The largest absolute Gasteiger partial charge is 0.341 e. The molecule has 0 aliphatic carbocycles. The maximum Gasteiger partial charge on any atom is 0.240 e. The van der Waals surface area contributed by atoms with Crippen LogP contribution in [0.2, 0.25) is 0 Å². The van der Waals surface area contributed by atoms with Crippen LogP contribution in [0.15, 0.2) is 24.3 Å². The van der Waals surface area contributed by atoms with Gasteiger partial charge in [0.15, 0.2) is 9.84 Å². The molecule has 1 amide bonds. The van der Waals surface area contributed by atoms with E-state index in [0.29, 0.717) is 24.9 Å². The van der Waals surface area contributed by atoms with E-state index in [4.69, 9.17) is 0 Å². The first kappa shape index (κ1) is 18.0. The first-order chi connectivity index (χ1) is 10.7. The molecule has 1 heterocycles. The number of aryl methyl sites for hydroxylation is 1. The molecule has 5 heteroatoms. The second-order valence-electron chi connectivity index (χ2n) is 7.13. The summed E-state index contributed by atoms with van der Waals surface area (Å²) in [5, 5.41) is -0.986. The number of piperidine rings is 1. The van der Waals surface area contributed by atoms with Crippen molar-refractivity contribution in [3.8, 4) is 0 Å². The fraction of sp³-hybridized carbons (Fsp3) is 0.611. The summed E-state index contributed by atoms with van der Waals surface area (Å²) in [6.07, 6.45) is 1.09. The van der Waals surface area contributed by atoms with E-state index in [1.807, 2.05) is 25.1 Å². The second kappa shape index (κ2) is 7.04. The van der Waals surface area contributed by atoms with Crippen molar-refractivity contribution in [2.75, 3.05) is 13.1 Å². The van der Waals surface area contributed by atoms with Crippen molar-refractivity contribution in [3.63, 3.8) is 0 Å². The molecule has 23 heavy (non-hydrogen) atoms. The highest BCUT2D eigenvalue weighted by Crippen LogP contribution is 2.23. The SMILES string of the molecule is Cc1cccc(CS(=O)(=O)[C@H](C)C(=O)N2C[C@H](C)C[C@@H](C)C2)c1. The van der Waals surface area contributed by atoms with Gasteiger partial charge in [-0.05, 0) is 37.7 Å². The van der Waals surface area contributed by atoms with Crippen LogP contribution in [0.25, 0.3) is 0 Å². The third kappa shape index (κ3) is 4.56. The van der Waals surface area contributed by atoms with Crippen molar-refractivity contribution in [1.29, 1.82) is 0 Å². The van der Waals surface area contributed by atoms with E-state index in [0.717, 1.165) is 17.5 Å². The molecule has 1 aliphatic heterocycles. The summed E-state index contributed by atoms with van der Waals surface area (Å²) in [7, 11) is -3.50. The van der Waals surface area contributed by atoms with Crippen molar-refractivity contribution in [1.82, 2.24) is 4.90 Å². The third-order valence-corrected chi connectivity index (χ3v) is 6.53. The lowest BCUT2D eigenvalue weighted by atomic mass is 9.92. The molecule has 0 saturated carbocycles. The average Bonchev–Trinajstić information content (AvgIpc) is 2.44. The average molecular weight is 337 g/mol. The zero-order chi connectivity index (χ0) is 17.2. The number of hydrogen-bond acceptors (Lipinski definition) is 3. The Morgan fingerprint density at radius 3 is 2.43 bits per heavy atom. The Morgan fingerprint density at radius 2 is 1.87 bits per heavy atom. The number of hydrogen-bond donors (Lipinski definition) is 0. The molecule has 4 nitrogen and oxygen atoms in total. The van der Waals surface area contributed by atoms with Gasteiger partial charge in [0.05, 0.1) is 5.75 Å². The summed E-state index contributed by atoms with van der Waals surface area (Å²) in [5.74, 6) is 0.514. The summed E-state index contributed by atoms with van der Waals surface area (Å²) in [6, 6.07) is 7.44. The number of likely N-dealkylation sites (tertiary alicyclic amines) is 1. The summed E-state index contributed by atoms with van der Waals surface area (Å²) in [6.45, 7) is 9.00. The first-order valence-electron chi connectivity index (χ1n) is 8.25. The molecule has 0 N–H and O–H groups in total. The van der Waals surface area contributed by atoms with Gasteiger partial charge in [0.25, 0.3) is 0 Å². The van der Waals surface area contributed by atoms with Crippen LogP contribution in [0.5, 0.6) is 0 Å². The van der Waals surface area contributed by atoms with E-state index in [-0.39, 0.29) is 11.7 Å². The molecule has 0 unspecified atom stereocenters. The molecule has 0 aromatic heterocycles. The minimum absolute atomic E-state index is 0.0828. The monoisotopic (exact) mass is 337 g/mol. The van der Waals surface area contributed by atoms with Crippen LogP contribution in [0.3, 0.4) is 0 Å². The lowest BCUT2D eigenvalue weighted by molar-refractivity contribution is -0.133. The Hall–Kier alpha value is -1.36. The van der Waals surface area contributed by atoms with Crippen molar-refractivity contribution in [2.24, 2.45) is 11.8 Å². The Kier molecular flexibility index (Phi) is 5.50. The van der Waals surface area contributed by atoms with E-state index >= 15 is 0 Å². The molecule has 1 aromatic carbocycles. The van der Waals surface area contributed by atoms with Crippen LogP contribution in [0.1, 0.15) is 38.3 Å². The second-order valence-corrected chi connectivity index (χ2v) is 9.45. The molecule has 1 aliphatic rings. The van der Waals surface area contributed by atoms with E-state index in [2.05, 4.69) is 13.8 Å². The zero-order valence-corrected chi connectivity index (χ0v) is 15.3. The fourth-order valence-electron chi connectivity index (χ4n) is 3.41. The number of amides is 1. The number of rotatable bonds is 4. The normalized spacial score (nSPS) is 23.6. The van der Waals surface area contributed by atoms with Gasteiger partial charge in [-0.25, -0.2) is 8.42 Å². The highest BCUT2D eigenvalue weighted by molar-refractivity contribution is 7.92. The Labute approximate surface area is 139 Å². The molecule has 0 spiro atoms. The topological polar surface area (TPSA) is 54.5 Å². The molecule has 0 radical (unpaired) electrons. The number of carbonyl (C=O) groups excluding carboxylic acids is 1. The standard InChI is InChI=1S/C18H27NO3S/c1-13-6-5-7-17(9-13)12-23(21,22)16(4)18(20)19-10-14(2)8-15(3)11-19/h5-7,9,14-16H,8,10-12H2,1-4H3/t14-,15-,16-/m1/s1. The van der Waals surface area contributed by atoms with Gasteiger partial charge in [-0.3, -0.25) is 4.79 Å². The van der Waals surface area contributed by atoms with Crippen LogP contribution >= 0.6 is 0 Å². The Bertz CT molecular complexity index is 659. The highest BCUT2D eigenvalue weighted by Gasteiger charge is 2.34. The van der Waals surface area contributed by atoms with E-state index in [1.54, 1.807) is 11.0 Å². The number of carbonyl (C=O) groups is 1. The molecule has 1 fully saturated rings. The number of nitrogens with zero attached hydrogens (tertiary/aromatic N) is 1. The minimum Gasteiger partial charge on any atom is -0.341 e. The summed E-state index contributed by atoms with van der Waals surface area (Å²) >= 11 is 0. The van der Waals surface area contributed by atoms with Gasteiger partial charge in [-0.2, -0.15) is 0 Å². The molecule has 1 aromatic rings. The number of benzene rings is 1. The van der Waals surface area contributed by atoms with E-state index in [9.17, 15) is 13.2 Å². The van der Waals surface area contributed by atoms with Gasteiger partial charge >= 0.3 is 0 Å². The van der Waals surface area contributed by atoms with E-state index in [1.165, 1.54) is 6.92 Å². The van der Waals surface area contributed by atoms with Gasteiger partial charge in [0, 0.05) is 13.1 Å².